The van der Waals surface area contributed by atoms with E-state index in [0.717, 1.165) is 36.4 Å². The third kappa shape index (κ3) is 5.74. The van der Waals surface area contributed by atoms with Crippen LogP contribution >= 0.6 is 15.9 Å². The lowest BCUT2D eigenvalue weighted by Crippen LogP contribution is -2.37. The summed E-state index contributed by atoms with van der Waals surface area (Å²) in [7, 11) is -3.57. The van der Waals surface area contributed by atoms with Crippen LogP contribution in [0.4, 0.5) is 0 Å². The fraction of sp³-hybridized carbons (Fsp3) is 0.250. The number of hydrogen-bond acceptors (Lipinski definition) is 4. The van der Waals surface area contributed by atoms with E-state index in [0.29, 0.717) is 17.6 Å². The van der Waals surface area contributed by atoms with Gasteiger partial charge in [0.05, 0.1) is 4.90 Å². The van der Waals surface area contributed by atoms with Crippen LogP contribution in [0.3, 0.4) is 0 Å². The number of sulfonamides is 1. The molecular weight excluding hydrogens is 476 g/mol. The predicted molar refractivity (Wildman–Crippen MR) is 125 cm³/mol. The second kappa shape index (κ2) is 9.96. The summed E-state index contributed by atoms with van der Waals surface area (Å²) >= 11 is 3.33. The van der Waals surface area contributed by atoms with Gasteiger partial charge >= 0.3 is 0 Å². The minimum atomic E-state index is -3.57. The number of ether oxygens (including phenoxy) is 1. The summed E-state index contributed by atoms with van der Waals surface area (Å²) in [5, 5.41) is 0. The van der Waals surface area contributed by atoms with E-state index in [2.05, 4.69) is 31.6 Å². The molecule has 0 aromatic heterocycles. The molecule has 5 nitrogen and oxygen atoms in total. The van der Waals surface area contributed by atoms with Crippen molar-refractivity contribution in [3.8, 4) is 5.75 Å². The van der Waals surface area contributed by atoms with Gasteiger partial charge in [-0.25, -0.2) is 13.1 Å². The van der Waals surface area contributed by atoms with Crippen LogP contribution in [-0.2, 0) is 23.2 Å². The van der Waals surface area contributed by atoms with Crippen molar-refractivity contribution in [3.05, 3.63) is 94.5 Å². The maximum Gasteiger partial charge on any atom is 0.241 e. The molecule has 1 aliphatic rings. The monoisotopic (exact) mass is 500 g/mol. The standard InChI is InChI=1S/C24H25BrN2O3S/c25-22-11-5-7-13-24(22)31(28,29)26-21-14-15-27(17-21)16-20-10-4-6-12-23(20)30-18-19-8-2-1-3-9-19/h1-13,21,26H,14-18H2. The van der Waals surface area contributed by atoms with Crippen molar-refractivity contribution >= 4 is 26.0 Å². The molecule has 0 aliphatic carbocycles. The van der Waals surface area contributed by atoms with E-state index in [4.69, 9.17) is 4.74 Å². The molecule has 7 heteroatoms. The van der Waals surface area contributed by atoms with Gasteiger partial charge in [-0.3, -0.25) is 4.90 Å². The van der Waals surface area contributed by atoms with Crippen LogP contribution < -0.4 is 9.46 Å². The van der Waals surface area contributed by atoms with Crippen LogP contribution in [0.1, 0.15) is 17.5 Å². The highest BCUT2D eigenvalue weighted by molar-refractivity contribution is 9.10. The van der Waals surface area contributed by atoms with Gasteiger partial charge in [0, 0.05) is 35.7 Å². The number of likely N-dealkylation sites (tertiary alicyclic amines) is 1. The first-order chi connectivity index (χ1) is 15.0. The molecule has 1 saturated heterocycles. The van der Waals surface area contributed by atoms with E-state index >= 15 is 0 Å². The molecule has 31 heavy (non-hydrogen) atoms. The van der Waals surface area contributed by atoms with Gasteiger partial charge in [-0.15, -0.1) is 0 Å². The van der Waals surface area contributed by atoms with Crippen LogP contribution in [0.2, 0.25) is 0 Å². The zero-order chi connectivity index (χ0) is 21.7. The maximum absolute atomic E-state index is 12.8. The van der Waals surface area contributed by atoms with Crippen molar-refractivity contribution < 1.29 is 13.2 Å². The van der Waals surface area contributed by atoms with E-state index in [-0.39, 0.29) is 10.9 Å². The highest BCUT2D eigenvalue weighted by atomic mass is 79.9. The summed E-state index contributed by atoms with van der Waals surface area (Å²) in [4.78, 5) is 2.53. The molecule has 0 amide bonds. The molecule has 1 atom stereocenters. The third-order valence-corrected chi connectivity index (χ3v) is 7.86. The lowest BCUT2D eigenvalue weighted by atomic mass is 10.2. The Hall–Kier alpha value is -2.19. The molecule has 0 spiro atoms. The lowest BCUT2D eigenvalue weighted by molar-refractivity contribution is 0.284. The number of halogens is 1. The molecule has 1 aliphatic heterocycles. The fourth-order valence-electron chi connectivity index (χ4n) is 3.77. The normalized spacial score (nSPS) is 17.0. The number of benzene rings is 3. The predicted octanol–water partition coefficient (Wildman–Crippen LogP) is 4.58. The van der Waals surface area contributed by atoms with E-state index in [1.54, 1.807) is 24.3 Å². The Morgan fingerprint density at radius 1 is 0.968 bits per heavy atom. The molecule has 3 aromatic rings. The topological polar surface area (TPSA) is 58.6 Å². The SMILES string of the molecule is O=S(=O)(NC1CCN(Cc2ccccc2OCc2ccccc2)C1)c1ccccc1Br. The number of para-hydroxylation sites is 1. The quantitative estimate of drug-likeness (QED) is 0.491. The highest BCUT2D eigenvalue weighted by Crippen LogP contribution is 2.25. The van der Waals surface area contributed by atoms with Gasteiger partial charge in [0.25, 0.3) is 0 Å². The zero-order valence-electron chi connectivity index (χ0n) is 17.1. The van der Waals surface area contributed by atoms with Crippen LogP contribution in [-0.4, -0.2) is 32.4 Å². The Morgan fingerprint density at radius 2 is 1.68 bits per heavy atom. The first-order valence-electron chi connectivity index (χ1n) is 10.2. The Balaban J connectivity index is 1.37. The number of nitrogens with zero attached hydrogens (tertiary/aromatic N) is 1. The fourth-order valence-corrected chi connectivity index (χ4v) is 6.03. The Bertz CT molecular complexity index is 1120. The second-order valence-electron chi connectivity index (χ2n) is 7.65. The van der Waals surface area contributed by atoms with Gasteiger partial charge in [0.1, 0.15) is 12.4 Å². The second-order valence-corrected chi connectivity index (χ2v) is 10.2. The molecule has 1 fully saturated rings. The molecule has 0 saturated carbocycles. The molecule has 4 rings (SSSR count). The minimum Gasteiger partial charge on any atom is -0.489 e. The maximum atomic E-state index is 12.8. The van der Waals surface area contributed by atoms with Crippen molar-refractivity contribution in [3.63, 3.8) is 0 Å². The van der Waals surface area contributed by atoms with Crippen LogP contribution in [0, 0.1) is 0 Å². The average Bonchev–Trinajstić information content (AvgIpc) is 3.20. The summed E-state index contributed by atoms with van der Waals surface area (Å²) in [6.45, 7) is 2.73. The van der Waals surface area contributed by atoms with Gasteiger partial charge in [-0.05, 0) is 46.1 Å². The van der Waals surface area contributed by atoms with Crippen molar-refractivity contribution in [2.75, 3.05) is 13.1 Å². The minimum absolute atomic E-state index is 0.116. The summed E-state index contributed by atoms with van der Waals surface area (Å²) in [5.41, 5.74) is 2.23. The van der Waals surface area contributed by atoms with Crippen LogP contribution in [0.15, 0.2) is 88.2 Å². The lowest BCUT2D eigenvalue weighted by Gasteiger charge is -2.19. The van der Waals surface area contributed by atoms with E-state index in [9.17, 15) is 8.42 Å². The van der Waals surface area contributed by atoms with Crippen molar-refractivity contribution in [1.29, 1.82) is 0 Å². The summed E-state index contributed by atoms with van der Waals surface area (Å²) < 4.78 is 35.0. The smallest absolute Gasteiger partial charge is 0.241 e. The van der Waals surface area contributed by atoms with Crippen LogP contribution in [0.25, 0.3) is 0 Å². The molecule has 162 valence electrons. The van der Waals surface area contributed by atoms with Crippen molar-refractivity contribution in [1.82, 2.24) is 9.62 Å². The van der Waals surface area contributed by atoms with Gasteiger partial charge < -0.3 is 4.74 Å². The first-order valence-corrected chi connectivity index (χ1v) is 12.5. The van der Waals surface area contributed by atoms with E-state index in [1.807, 2.05) is 48.5 Å². The third-order valence-electron chi connectivity index (χ3n) is 5.32. The summed E-state index contributed by atoms with van der Waals surface area (Å²) in [6.07, 6.45) is 0.775. The number of nitrogens with one attached hydrogen (secondary N) is 1. The Kier molecular flexibility index (Phi) is 7.07. The molecule has 0 radical (unpaired) electrons. The highest BCUT2D eigenvalue weighted by Gasteiger charge is 2.28. The number of rotatable bonds is 8. The number of hydrogen-bond donors (Lipinski definition) is 1. The summed E-state index contributed by atoms with van der Waals surface area (Å²) in [5.74, 6) is 0.864. The van der Waals surface area contributed by atoms with Crippen LogP contribution in [0.5, 0.6) is 5.75 Å². The summed E-state index contributed by atoms with van der Waals surface area (Å²) in [6, 6.07) is 24.9. The van der Waals surface area contributed by atoms with E-state index < -0.39 is 10.0 Å². The van der Waals surface area contributed by atoms with Gasteiger partial charge in [0.15, 0.2) is 0 Å². The molecule has 1 N–H and O–H groups in total. The molecular formula is C24H25BrN2O3S. The zero-order valence-corrected chi connectivity index (χ0v) is 19.5. The molecule has 1 heterocycles. The Morgan fingerprint density at radius 3 is 2.48 bits per heavy atom. The molecule has 0 bridgehead atoms. The van der Waals surface area contributed by atoms with Gasteiger partial charge in [-0.2, -0.15) is 0 Å². The Labute approximate surface area is 192 Å². The largest absolute Gasteiger partial charge is 0.489 e. The van der Waals surface area contributed by atoms with Gasteiger partial charge in [0.2, 0.25) is 10.0 Å². The molecule has 3 aromatic carbocycles. The first kappa shape index (κ1) is 22.0. The van der Waals surface area contributed by atoms with Crippen molar-refractivity contribution in [2.24, 2.45) is 0 Å². The molecule has 1 unspecified atom stereocenters. The van der Waals surface area contributed by atoms with Gasteiger partial charge in [-0.1, -0.05) is 60.7 Å². The van der Waals surface area contributed by atoms with Crippen molar-refractivity contribution in [2.45, 2.75) is 30.5 Å². The average molecular weight is 501 g/mol. The van der Waals surface area contributed by atoms with E-state index in [1.165, 1.54) is 0 Å².